The molecule has 0 bridgehead atoms. The quantitative estimate of drug-likeness (QED) is 0.548. The second-order valence-electron chi connectivity index (χ2n) is 3.58. The molecule has 0 aliphatic carbocycles. The van der Waals surface area contributed by atoms with Gasteiger partial charge in [-0.3, -0.25) is 4.79 Å². The second kappa shape index (κ2) is 6.98. The average Bonchev–Trinajstić information content (AvgIpc) is 2.69. The lowest BCUT2D eigenvalue weighted by Gasteiger charge is -2.10. The Labute approximate surface area is 125 Å². The highest BCUT2D eigenvalue weighted by Crippen LogP contribution is 2.21. The van der Waals surface area contributed by atoms with E-state index in [4.69, 9.17) is 23.2 Å². The number of carbonyl (C=O) groups is 1. The van der Waals surface area contributed by atoms with Gasteiger partial charge in [-0.05, 0) is 46.6 Å². The fourth-order valence-electron chi connectivity index (χ4n) is 1.38. The maximum absolute atomic E-state index is 10.9. The minimum atomic E-state index is 0.459. The molecule has 0 aliphatic heterocycles. The Bertz CT molecular complexity index is 525. The predicted molar refractivity (Wildman–Crippen MR) is 80.2 cm³/mol. The van der Waals surface area contributed by atoms with E-state index >= 15 is 0 Å². The summed E-state index contributed by atoms with van der Waals surface area (Å²) < 4.78 is 2.61. The molecule has 0 saturated carbocycles. The van der Waals surface area contributed by atoms with Crippen LogP contribution in [0.2, 0.25) is 0 Å². The van der Waals surface area contributed by atoms with E-state index in [9.17, 15) is 4.79 Å². The lowest BCUT2D eigenvalue weighted by molar-refractivity contribution is 0.111. The summed E-state index contributed by atoms with van der Waals surface area (Å²) in [5.74, 6) is 0. The molecule has 96 valence electrons. The number of hydrogen-bond acceptors (Lipinski definition) is 1. The van der Waals surface area contributed by atoms with E-state index in [1.807, 2.05) is 6.07 Å². The molecule has 0 aromatic carbocycles. The van der Waals surface area contributed by atoms with Gasteiger partial charge in [0, 0.05) is 16.6 Å². The van der Waals surface area contributed by atoms with Crippen molar-refractivity contribution < 1.29 is 4.79 Å². The van der Waals surface area contributed by atoms with Gasteiger partial charge in [0.2, 0.25) is 0 Å². The third-order valence-electron chi connectivity index (χ3n) is 2.36. The molecule has 0 N–H and O–H groups in total. The van der Waals surface area contributed by atoms with Crippen molar-refractivity contribution in [1.82, 2.24) is 4.57 Å². The Morgan fingerprint density at radius 2 is 2.17 bits per heavy atom. The van der Waals surface area contributed by atoms with E-state index < -0.39 is 0 Å². The lowest BCUT2D eigenvalue weighted by Crippen LogP contribution is -2.05. The predicted octanol–water partition coefficient (Wildman–Crippen LogP) is 4.88. The average molecular weight is 349 g/mol. The topological polar surface area (TPSA) is 22.0 Å². The van der Waals surface area contributed by atoms with E-state index in [2.05, 4.69) is 22.5 Å². The van der Waals surface area contributed by atoms with Gasteiger partial charge in [0.25, 0.3) is 0 Å². The number of rotatable bonds is 5. The van der Waals surface area contributed by atoms with Crippen LogP contribution in [0, 0.1) is 0 Å². The van der Waals surface area contributed by atoms with Gasteiger partial charge in [0.05, 0.1) is 10.3 Å². The van der Waals surface area contributed by atoms with Crippen LogP contribution in [-0.4, -0.2) is 10.9 Å². The number of carbonyl (C=O) groups excluding carboxylic acids is 1. The Morgan fingerprint density at radius 3 is 2.67 bits per heavy atom. The number of halogens is 3. The molecule has 1 heterocycles. The van der Waals surface area contributed by atoms with Gasteiger partial charge in [-0.15, -0.1) is 0 Å². The van der Waals surface area contributed by atoms with Crippen LogP contribution in [0.3, 0.4) is 0 Å². The van der Waals surface area contributed by atoms with Crippen LogP contribution in [0.15, 0.2) is 51.1 Å². The van der Waals surface area contributed by atoms with Crippen molar-refractivity contribution in [3.05, 3.63) is 56.8 Å². The van der Waals surface area contributed by atoms with Crippen LogP contribution in [0.5, 0.6) is 0 Å². The minimum absolute atomic E-state index is 0.459. The van der Waals surface area contributed by atoms with E-state index in [1.165, 1.54) is 6.08 Å². The summed E-state index contributed by atoms with van der Waals surface area (Å²) in [5.41, 5.74) is 1.39. The molecule has 0 radical (unpaired) electrons. The smallest absolute Gasteiger partial charge is 0.166 e. The summed E-state index contributed by atoms with van der Waals surface area (Å²) in [6.07, 6.45) is 4.06. The van der Waals surface area contributed by atoms with Crippen LogP contribution in [-0.2, 0) is 6.54 Å². The molecule has 1 aromatic heterocycles. The normalized spacial score (nSPS) is 13.2. The first-order chi connectivity index (χ1) is 8.49. The van der Waals surface area contributed by atoms with Crippen molar-refractivity contribution in [1.29, 1.82) is 0 Å². The van der Waals surface area contributed by atoms with Crippen LogP contribution in [0.4, 0.5) is 0 Å². The Hall–Kier alpha value is -0.770. The van der Waals surface area contributed by atoms with Gasteiger partial charge < -0.3 is 4.57 Å². The first-order valence-corrected chi connectivity index (χ1v) is 6.69. The minimum Gasteiger partial charge on any atom is -0.329 e. The van der Waals surface area contributed by atoms with Gasteiger partial charge in [-0.2, -0.15) is 0 Å². The first kappa shape index (κ1) is 15.3. The van der Waals surface area contributed by atoms with Crippen LogP contribution in [0.25, 0.3) is 0 Å². The zero-order chi connectivity index (χ0) is 13.7. The summed E-state index contributed by atoms with van der Waals surface area (Å²) in [7, 11) is 0. The van der Waals surface area contributed by atoms with E-state index in [0.29, 0.717) is 22.3 Å². The number of allylic oxidation sites excluding steroid dienone is 5. The molecular weight excluding hydrogens is 337 g/mol. The van der Waals surface area contributed by atoms with Gasteiger partial charge in [0.15, 0.2) is 6.29 Å². The fraction of sp³-hybridized carbons (Fsp3) is 0.154. The summed E-state index contributed by atoms with van der Waals surface area (Å²) >= 11 is 15.3. The van der Waals surface area contributed by atoms with Crippen molar-refractivity contribution in [2.75, 3.05) is 0 Å². The van der Waals surface area contributed by atoms with Gasteiger partial charge in [-0.25, -0.2) is 0 Å². The molecule has 2 nitrogen and oxygen atoms in total. The van der Waals surface area contributed by atoms with E-state index in [0.717, 1.165) is 16.5 Å². The summed E-state index contributed by atoms with van der Waals surface area (Å²) in [6.45, 7) is 5.82. The third-order valence-corrected chi connectivity index (χ3v) is 3.56. The fourth-order valence-corrected chi connectivity index (χ4v) is 2.09. The van der Waals surface area contributed by atoms with Crippen molar-refractivity contribution in [2.45, 2.75) is 13.5 Å². The Balaban J connectivity index is 3.13. The molecule has 1 aromatic rings. The zero-order valence-corrected chi connectivity index (χ0v) is 12.9. The highest BCUT2D eigenvalue weighted by atomic mass is 79.9. The van der Waals surface area contributed by atoms with Crippen molar-refractivity contribution in [2.24, 2.45) is 0 Å². The molecule has 18 heavy (non-hydrogen) atoms. The van der Waals surface area contributed by atoms with Crippen LogP contribution in [0.1, 0.15) is 17.4 Å². The number of hydrogen-bond donors (Lipinski definition) is 0. The summed E-state index contributed by atoms with van der Waals surface area (Å²) in [5, 5.41) is 1.12. The molecule has 0 aliphatic rings. The molecule has 0 fully saturated rings. The molecule has 0 spiro atoms. The molecule has 1 rings (SSSR count). The van der Waals surface area contributed by atoms with Gasteiger partial charge in [-0.1, -0.05) is 35.9 Å². The molecule has 0 saturated heterocycles. The first-order valence-electron chi connectivity index (χ1n) is 5.14. The molecular formula is C13H12BrCl2NO. The zero-order valence-electron chi connectivity index (χ0n) is 9.79. The summed E-state index contributed by atoms with van der Waals surface area (Å²) in [6, 6.07) is 3.54. The number of nitrogens with zero attached hydrogens (tertiary/aromatic N) is 1. The highest BCUT2D eigenvalue weighted by Gasteiger charge is 2.08. The van der Waals surface area contributed by atoms with E-state index in [1.54, 1.807) is 23.6 Å². The van der Waals surface area contributed by atoms with E-state index in [-0.39, 0.29) is 0 Å². The molecule has 0 atom stereocenters. The van der Waals surface area contributed by atoms with Crippen molar-refractivity contribution >= 4 is 45.4 Å². The standard InChI is InChI=1S/C13H12BrCl2NO/c1-3-11(16)6-10(9(2)15)7-17-12(8-18)4-5-13(17)14/h3-6,8H,1,7H2,2H3/b10-9-,11-6+. The highest BCUT2D eigenvalue weighted by molar-refractivity contribution is 9.10. The van der Waals surface area contributed by atoms with Crippen LogP contribution >= 0.6 is 39.1 Å². The largest absolute Gasteiger partial charge is 0.329 e. The van der Waals surface area contributed by atoms with Crippen LogP contribution < -0.4 is 0 Å². The SMILES string of the molecule is C=C/C(Cl)=C\C(Cn1c(Br)ccc1C=O)=C(/C)Cl. The maximum Gasteiger partial charge on any atom is 0.166 e. The number of aldehydes is 1. The van der Waals surface area contributed by atoms with Gasteiger partial charge in [0.1, 0.15) is 0 Å². The third kappa shape index (κ3) is 3.87. The Morgan fingerprint density at radius 1 is 1.50 bits per heavy atom. The van der Waals surface area contributed by atoms with Crippen molar-refractivity contribution in [3.63, 3.8) is 0 Å². The second-order valence-corrected chi connectivity index (χ2v) is 5.39. The number of aromatic nitrogens is 1. The molecule has 0 unspecified atom stereocenters. The summed E-state index contributed by atoms with van der Waals surface area (Å²) in [4.78, 5) is 10.9. The molecule has 0 amide bonds. The molecule has 5 heteroatoms. The monoisotopic (exact) mass is 347 g/mol. The van der Waals surface area contributed by atoms with Gasteiger partial charge >= 0.3 is 0 Å². The lowest BCUT2D eigenvalue weighted by atomic mass is 10.2. The Kier molecular flexibility index (Phi) is 5.93. The van der Waals surface area contributed by atoms with Crippen molar-refractivity contribution in [3.8, 4) is 0 Å². The maximum atomic E-state index is 10.9.